The Labute approximate surface area is 195 Å². The zero-order chi connectivity index (χ0) is 22.1. The van der Waals surface area contributed by atoms with Crippen molar-refractivity contribution in [1.29, 1.82) is 0 Å². The highest BCUT2D eigenvalue weighted by atomic mass is 35.5. The van der Waals surface area contributed by atoms with Gasteiger partial charge in [0.25, 0.3) is 5.91 Å². The Morgan fingerprint density at radius 2 is 1.78 bits per heavy atom. The number of likely N-dealkylation sites (tertiary alicyclic amines) is 1. The minimum Gasteiger partial charge on any atom is -0.383 e. The number of benzene rings is 1. The fraction of sp³-hybridized carbons (Fsp3) is 0.481. The van der Waals surface area contributed by atoms with Gasteiger partial charge in [-0.2, -0.15) is 0 Å². The summed E-state index contributed by atoms with van der Waals surface area (Å²) in [5.41, 5.74) is 7.42. The van der Waals surface area contributed by atoms with E-state index in [9.17, 15) is 9.90 Å². The van der Waals surface area contributed by atoms with E-state index < -0.39 is 6.10 Å². The summed E-state index contributed by atoms with van der Waals surface area (Å²) in [6.07, 6.45) is 9.98. The van der Waals surface area contributed by atoms with E-state index in [1.807, 2.05) is 23.2 Å². The first-order chi connectivity index (χ1) is 15.6. The molecule has 2 fully saturated rings. The fourth-order valence-electron chi connectivity index (χ4n) is 5.72. The number of hydrogen-bond donors (Lipinski definition) is 1. The van der Waals surface area contributed by atoms with Crippen LogP contribution in [0, 0.1) is 5.92 Å². The highest BCUT2D eigenvalue weighted by Gasteiger charge is 2.33. The van der Waals surface area contributed by atoms with Crippen LogP contribution in [0.5, 0.6) is 0 Å². The number of piperidine rings is 1. The molecule has 3 aliphatic rings. The maximum atomic E-state index is 13.0. The molecule has 1 N–H and O–H groups in total. The number of hydrogen-bond acceptors (Lipinski definition) is 3. The molecule has 1 saturated heterocycles. The quantitative estimate of drug-likeness (QED) is 0.684. The molecule has 2 heterocycles. The SMILES string of the molecule is O=C([C@H](O)C1CCCCC1)N1CCC(=C2c3ccc(Cl)cc3CCc3cccnc32)CC1. The summed E-state index contributed by atoms with van der Waals surface area (Å²) in [5, 5.41) is 11.5. The van der Waals surface area contributed by atoms with Gasteiger partial charge in [0.2, 0.25) is 0 Å². The Balaban J connectivity index is 1.42. The number of carbonyl (C=O) groups excluding carboxylic acids is 1. The first-order valence-electron chi connectivity index (χ1n) is 12.0. The summed E-state index contributed by atoms with van der Waals surface area (Å²) in [6, 6.07) is 10.4. The molecule has 1 amide bonds. The van der Waals surface area contributed by atoms with Gasteiger partial charge in [-0.25, -0.2) is 0 Å². The number of fused-ring (bicyclic) bond motifs is 2. The molecule has 5 heteroatoms. The van der Waals surface area contributed by atoms with Crippen LogP contribution in [0.2, 0.25) is 5.02 Å². The van der Waals surface area contributed by atoms with Crippen LogP contribution >= 0.6 is 11.6 Å². The minimum atomic E-state index is -0.840. The molecule has 4 nitrogen and oxygen atoms in total. The van der Waals surface area contributed by atoms with E-state index in [1.165, 1.54) is 34.3 Å². The number of amides is 1. The Bertz CT molecular complexity index is 1030. The smallest absolute Gasteiger partial charge is 0.251 e. The molecule has 0 spiro atoms. The number of aliphatic hydroxyl groups is 1. The van der Waals surface area contributed by atoms with Gasteiger partial charge >= 0.3 is 0 Å². The lowest BCUT2D eigenvalue weighted by Gasteiger charge is -2.34. The molecule has 2 aromatic rings. The average molecular weight is 451 g/mol. The van der Waals surface area contributed by atoms with Crippen molar-refractivity contribution in [1.82, 2.24) is 9.88 Å². The lowest BCUT2D eigenvalue weighted by atomic mass is 9.84. The number of halogens is 1. The number of aliphatic hydroxyl groups excluding tert-OH is 1. The molecule has 32 heavy (non-hydrogen) atoms. The maximum Gasteiger partial charge on any atom is 0.251 e. The van der Waals surface area contributed by atoms with Gasteiger partial charge in [0, 0.05) is 29.9 Å². The van der Waals surface area contributed by atoms with Gasteiger partial charge in [0.15, 0.2) is 0 Å². The molecule has 1 atom stereocenters. The summed E-state index contributed by atoms with van der Waals surface area (Å²) in [5.74, 6) is 0.0538. The molecule has 168 valence electrons. The Kier molecular flexibility index (Phi) is 6.34. The Morgan fingerprint density at radius 1 is 1.03 bits per heavy atom. The first-order valence-corrected chi connectivity index (χ1v) is 12.4. The standard InChI is InChI=1S/C27H31ClN2O2/c28-22-10-11-23-21(17-22)9-8-19-7-4-14-29-25(19)24(23)18-12-15-30(16-13-18)27(32)26(31)20-5-2-1-3-6-20/h4,7,10-11,14,17,20,26,31H,1-3,5-6,8-9,12-13,15-16H2/t26-/m1/s1. The van der Waals surface area contributed by atoms with Gasteiger partial charge in [-0.3, -0.25) is 9.78 Å². The molecule has 5 rings (SSSR count). The summed E-state index contributed by atoms with van der Waals surface area (Å²) in [7, 11) is 0. The van der Waals surface area contributed by atoms with Gasteiger partial charge in [0.1, 0.15) is 6.10 Å². The van der Waals surface area contributed by atoms with E-state index in [4.69, 9.17) is 16.6 Å². The van der Waals surface area contributed by atoms with E-state index in [2.05, 4.69) is 18.2 Å². The molecule has 2 aliphatic carbocycles. The van der Waals surface area contributed by atoms with Crippen molar-refractivity contribution in [3.63, 3.8) is 0 Å². The summed E-state index contributed by atoms with van der Waals surface area (Å²) in [6.45, 7) is 1.32. The molecule has 1 saturated carbocycles. The lowest BCUT2D eigenvalue weighted by molar-refractivity contribution is -0.144. The highest BCUT2D eigenvalue weighted by Crippen LogP contribution is 2.38. The molecular formula is C27H31ClN2O2. The molecule has 0 radical (unpaired) electrons. The number of pyridine rings is 1. The van der Waals surface area contributed by atoms with Crippen molar-refractivity contribution in [2.45, 2.75) is 63.9 Å². The third-order valence-electron chi connectivity index (χ3n) is 7.51. The molecule has 0 bridgehead atoms. The van der Waals surface area contributed by atoms with Gasteiger partial charge < -0.3 is 10.0 Å². The second-order valence-electron chi connectivity index (χ2n) is 9.46. The maximum absolute atomic E-state index is 13.0. The minimum absolute atomic E-state index is 0.0764. The number of aromatic nitrogens is 1. The fourth-order valence-corrected chi connectivity index (χ4v) is 5.91. The zero-order valence-electron chi connectivity index (χ0n) is 18.5. The van der Waals surface area contributed by atoms with Gasteiger partial charge in [-0.15, -0.1) is 0 Å². The van der Waals surface area contributed by atoms with E-state index in [-0.39, 0.29) is 11.8 Å². The normalized spacial score (nSPS) is 20.4. The van der Waals surface area contributed by atoms with E-state index in [0.29, 0.717) is 13.1 Å². The molecule has 1 aliphatic heterocycles. The van der Waals surface area contributed by atoms with Crippen molar-refractivity contribution in [3.8, 4) is 0 Å². The van der Waals surface area contributed by atoms with E-state index in [0.717, 1.165) is 62.1 Å². The number of nitrogens with zero attached hydrogens (tertiary/aromatic N) is 2. The van der Waals surface area contributed by atoms with Crippen LogP contribution < -0.4 is 0 Å². The van der Waals surface area contributed by atoms with E-state index in [1.54, 1.807) is 0 Å². The van der Waals surface area contributed by atoms with Crippen molar-refractivity contribution >= 4 is 23.1 Å². The topological polar surface area (TPSA) is 53.4 Å². The first kappa shape index (κ1) is 21.7. The third kappa shape index (κ3) is 4.23. The highest BCUT2D eigenvalue weighted by molar-refractivity contribution is 6.30. The van der Waals surface area contributed by atoms with Crippen molar-refractivity contribution in [3.05, 3.63) is 69.5 Å². The zero-order valence-corrected chi connectivity index (χ0v) is 19.3. The molecule has 0 unspecified atom stereocenters. The van der Waals surface area contributed by atoms with Crippen molar-refractivity contribution in [2.24, 2.45) is 5.92 Å². The van der Waals surface area contributed by atoms with Crippen molar-refractivity contribution in [2.75, 3.05) is 13.1 Å². The Hall–Kier alpha value is -2.17. The van der Waals surface area contributed by atoms with Crippen LogP contribution in [0.1, 0.15) is 67.3 Å². The largest absolute Gasteiger partial charge is 0.383 e. The molecule has 1 aromatic heterocycles. The molecule has 1 aromatic carbocycles. The third-order valence-corrected chi connectivity index (χ3v) is 7.75. The summed E-state index contributed by atoms with van der Waals surface area (Å²) < 4.78 is 0. The monoisotopic (exact) mass is 450 g/mol. The van der Waals surface area contributed by atoms with Crippen LogP contribution in [0.4, 0.5) is 0 Å². The predicted molar refractivity (Wildman–Crippen MR) is 128 cm³/mol. The predicted octanol–water partition coefficient (Wildman–Crippen LogP) is 5.20. The number of aryl methyl sites for hydroxylation is 2. The lowest BCUT2D eigenvalue weighted by Crippen LogP contribution is -2.45. The Morgan fingerprint density at radius 3 is 2.56 bits per heavy atom. The van der Waals surface area contributed by atoms with Crippen LogP contribution in [0.25, 0.3) is 5.57 Å². The number of carbonyl (C=O) groups is 1. The number of rotatable bonds is 2. The summed E-state index contributed by atoms with van der Waals surface area (Å²) >= 11 is 6.32. The summed E-state index contributed by atoms with van der Waals surface area (Å²) in [4.78, 5) is 19.7. The van der Waals surface area contributed by atoms with Crippen LogP contribution in [-0.2, 0) is 17.6 Å². The van der Waals surface area contributed by atoms with Crippen LogP contribution in [-0.4, -0.2) is 40.1 Å². The van der Waals surface area contributed by atoms with Crippen LogP contribution in [0.15, 0.2) is 42.1 Å². The van der Waals surface area contributed by atoms with Crippen molar-refractivity contribution < 1.29 is 9.90 Å². The second-order valence-corrected chi connectivity index (χ2v) is 9.90. The van der Waals surface area contributed by atoms with Gasteiger partial charge in [-0.05, 0) is 79.3 Å². The second kappa shape index (κ2) is 9.36. The van der Waals surface area contributed by atoms with Crippen LogP contribution in [0.3, 0.4) is 0 Å². The van der Waals surface area contributed by atoms with E-state index >= 15 is 0 Å². The van der Waals surface area contributed by atoms with Gasteiger partial charge in [0.05, 0.1) is 5.69 Å². The molecular weight excluding hydrogens is 420 g/mol. The van der Waals surface area contributed by atoms with Gasteiger partial charge in [-0.1, -0.05) is 48.6 Å². The average Bonchev–Trinajstić information content (AvgIpc) is 3.00.